The van der Waals surface area contributed by atoms with Crippen molar-refractivity contribution in [1.29, 1.82) is 0 Å². The third-order valence-corrected chi connectivity index (χ3v) is 4.75. The normalized spacial score (nSPS) is 12.5. The van der Waals surface area contributed by atoms with Gasteiger partial charge in [-0.3, -0.25) is 0 Å². The number of carbonyl (C=O) groups is 1. The maximum absolute atomic E-state index is 12.5. The highest BCUT2D eigenvalue weighted by Crippen LogP contribution is 2.25. The van der Waals surface area contributed by atoms with E-state index in [-0.39, 0.29) is 5.97 Å². The van der Waals surface area contributed by atoms with Gasteiger partial charge >= 0.3 is 5.97 Å². The Morgan fingerprint density at radius 3 is 2.26 bits per heavy atom. The highest BCUT2D eigenvalue weighted by molar-refractivity contribution is 5.96. The minimum Gasteiger partial charge on any atom is -0.497 e. The largest absolute Gasteiger partial charge is 0.497 e. The molecule has 0 N–H and O–H groups in total. The zero-order valence-electron chi connectivity index (χ0n) is 16.6. The average molecular weight is 367 g/mol. The van der Waals surface area contributed by atoms with Gasteiger partial charge in [0.25, 0.3) is 0 Å². The lowest BCUT2D eigenvalue weighted by Gasteiger charge is -2.14. The monoisotopic (exact) mass is 366 g/mol. The molecule has 27 heavy (non-hydrogen) atoms. The minimum atomic E-state index is -0.292. The van der Waals surface area contributed by atoms with Gasteiger partial charge in [-0.25, -0.2) is 4.79 Å². The van der Waals surface area contributed by atoms with E-state index in [1.54, 1.807) is 13.2 Å². The minimum absolute atomic E-state index is 0.292. The van der Waals surface area contributed by atoms with E-state index < -0.39 is 0 Å². The van der Waals surface area contributed by atoms with E-state index in [4.69, 9.17) is 9.47 Å². The van der Waals surface area contributed by atoms with Crippen molar-refractivity contribution in [2.45, 2.75) is 39.5 Å². The quantitative estimate of drug-likeness (QED) is 0.389. The molecule has 0 heterocycles. The lowest BCUT2D eigenvalue weighted by molar-refractivity contribution is -0.139. The zero-order chi connectivity index (χ0) is 19.5. The molecule has 0 bridgehead atoms. The molecule has 0 radical (unpaired) electrons. The van der Waals surface area contributed by atoms with Crippen LogP contribution < -0.4 is 4.74 Å². The predicted octanol–water partition coefficient (Wildman–Crippen LogP) is 5.89. The maximum Gasteiger partial charge on any atom is 0.331 e. The van der Waals surface area contributed by atoms with Crippen molar-refractivity contribution >= 4 is 11.5 Å². The lowest BCUT2D eigenvalue weighted by Crippen LogP contribution is -2.12. The van der Waals surface area contributed by atoms with Crippen LogP contribution in [0.4, 0.5) is 0 Å². The Labute approximate surface area is 163 Å². The second kappa shape index (κ2) is 11.2. The Hall–Kier alpha value is -2.55. The number of hydrogen-bond donors (Lipinski definition) is 0. The molecule has 0 amide bonds. The molecule has 0 spiro atoms. The van der Waals surface area contributed by atoms with Crippen LogP contribution in [-0.2, 0) is 9.53 Å². The van der Waals surface area contributed by atoms with Crippen molar-refractivity contribution in [2.75, 3.05) is 13.7 Å². The Kier molecular flexibility index (Phi) is 8.63. The van der Waals surface area contributed by atoms with Gasteiger partial charge in [0.2, 0.25) is 0 Å². The molecule has 0 fully saturated rings. The van der Waals surface area contributed by atoms with Gasteiger partial charge in [-0.05, 0) is 41.2 Å². The number of hydrogen-bond acceptors (Lipinski definition) is 3. The highest BCUT2D eigenvalue weighted by Gasteiger charge is 2.12. The third kappa shape index (κ3) is 6.59. The molecule has 0 saturated heterocycles. The number of methoxy groups -OCH3 is 1. The smallest absolute Gasteiger partial charge is 0.331 e. The van der Waals surface area contributed by atoms with Crippen LogP contribution in [0.15, 0.2) is 60.7 Å². The molecule has 1 unspecified atom stereocenters. The number of esters is 1. The molecule has 144 valence electrons. The highest BCUT2D eigenvalue weighted by atomic mass is 16.5. The molecule has 2 rings (SSSR count). The predicted molar refractivity (Wildman–Crippen MR) is 111 cm³/mol. The molecule has 0 saturated carbocycles. The van der Waals surface area contributed by atoms with Crippen molar-refractivity contribution in [3.05, 3.63) is 71.8 Å². The van der Waals surface area contributed by atoms with Gasteiger partial charge in [-0.1, -0.05) is 75.6 Å². The van der Waals surface area contributed by atoms with Gasteiger partial charge in [-0.2, -0.15) is 0 Å². The molecule has 1 atom stereocenters. The zero-order valence-corrected chi connectivity index (χ0v) is 16.6. The van der Waals surface area contributed by atoms with E-state index in [2.05, 4.69) is 13.8 Å². The first-order valence-corrected chi connectivity index (χ1v) is 9.76. The summed E-state index contributed by atoms with van der Waals surface area (Å²) in [5.74, 6) is 0.929. The van der Waals surface area contributed by atoms with Crippen molar-refractivity contribution in [3.63, 3.8) is 0 Å². The Bertz CT molecular complexity index is 717. The third-order valence-electron chi connectivity index (χ3n) is 4.75. The fraction of sp³-hybridized carbons (Fsp3) is 0.375. The van der Waals surface area contributed by atoms with Crippen molar-refractivity contribution in [1.82, 2.24) is 0 Å². The summed E-state index contributed by atoms with van der Waals surface area (Å²) in [7, 11) is 1.64. The summed E-state index contributed by atoms with van der Waals surface area (Å²) in [4.78, 5) is 12.5. The second-order valence-corrected chi connectivity index (χ2v) is 6.70. The van der Waals surface area contributed by atoms with Crippen LogP contribution in [0.5, 0.6) is 5.75 Å². The van der Waals surface area contributed by atoms with Crippen molar-refractivity contribution in [2.24, 2.45) is 5.92 Å². The molecule has 0 aliphatic heterocycles. The first-order valence-electron chi connectivity index (χ1n) is 9.76. The van der Waals surface area contributed by atoms with E-state index in [9.17, 15) is 4.79 Å². The van der Waals surface area contributed by atoms with Crippen LogP contribution in [0.1, 0.15) is 50.7 Å². The molecular weight excluding hydrogens is 336 g/mol. The SMILES string of the molecule is CCCCC(CC)COC(=O)/C=C(\c1ccccc1)c1ccc(OC)cc1. The number of benzene rings is 2. The number of carbonyl (C=O) groups excluding carboxylic acids is 1. The average Bonchev–Trinajstić information content (AvgIpc) is 2.73. The van der Waals surface area contributed by atoms with Gasteiger partial charge in [0.1, 0.15) is 5.75 Å². The van der Waals surface area contributed by atoms with Crippen LogP contribution in [0.25, 0.3) is 5.57 Å². The Morgan fingerprint density at radius 1 is 1.00 bits per heavy atom. The van der Waals surface area contributed by atoms with Gasteiger partial charge in [-0.15, -0.1) is 0 Å². The Morgan fingerprint density at radius 2 is 1.67 bits per heavy atom. The van der Waals surface area contributed by atoms with Crippen LogP contribution in [0, 0.1) is 5.92 Å². The topological polar surface area (TPSA) is 35.5 Å². The standard InChI is InChI=1S/C24H30O3/c1-4-6-10-19(5-2)18-27-24(25)17-23(20-11-8-7-9-12-20)21-13-15-22(26-3)16-14-21/h7-9,11-17,19H,4-6,10,18H2,1-3H3/b23-17+. The van der Waals surface area contributed by atoms with Gasteiger partial charge in [0, 0.05) is 6.08 Å². The summed E-state index contributed by atoms with van der Waals surface area (Å²) in [6, 6.07) is 17.6. The summed E-state index contributed by atoms with van der Waals surface area (Å²) >= 11 is 0. The van der Waals surface area contributed by atoms with Crippen LogP contribution >= 0.6 is 0 Å². The first-order chi connectivity index (χ1) is 13.2. The van der Waals surface area contributed by atoms with E-state index in [0.717, 1.165) is 35.3 Å². The maximum atomic E-state index is 12.5. The molecule has 3 nitrogen and oxygen atoms in total. The van der Waals surface area contributed by atoms with E-state index in [0.29, 0.717) is 12.5 Å². The second-order valence-electron chi connectivity index (χ2n) is 6.70. The van der Waals surface area contributed by atoms with Crippen molar-refractivity contribution in [3.8, 4) is 5.75 Å². The lowest BCUT2D eigenvalue weighted by atomic mass is 9.97. The summed E-state index contributed by atoms with van der Waals surface area (Å²) in [6.45, 7) is 4.82. The van der Waals surface area contributed by atoms with E-state index in [1.807, 2.05) is 54.6 Å². The number of unbranched alkanes of at least 4 members (excludes halogenated alkanes) is 1. The molecule has 0 aliphatic carbocycles. The first kappa shape index (κ1) is 20.8. The molecular formula is C24H30O3. The molecule has 0 aromatic heterocycles. The van der Waals surface area contributed by atoms with E-state index >= 15 is 0 Å². The van der Waals surface area contributed by atoms with Gasteiger partial charge in [0.05, 0.1) is 13.7 Å². The number of ether oxygens (including phenoxy) is 2. The Balaban J connectivity index is 2.18. The van der Waals surface area contributed by atoms with Crippen LogP contribution in [-0.4, -0.2) is 19.7 Å². The van der Waals surface area contributed by atoms with Gasteiger partial charge in [0.15, 0.2) is 0 Å². The number of rotatable bonds is 10. The van der Waals surface area contributed by atoms with Gasteiger partial charge < -0.3 is 9.47 Å². The molecule has 2 aromatic carbocycles. The fourth-order valence-corrected chi connectivity index (χ4v) is 2.98. The fourth-order valence-electron chi connectivity index (χ4n) is 2.98. The summed E-state index contributed by atoms with van der Waals surface area (Å²) < 4.78 is 10.8. The molecule has 2 aromatic rings. The summed E-state index contributed by atoms with van der Waals surface area (Å²) in [6.07, 6.45) is 6.08. The molecule has 3 heteroatoms. The van der Waals surface area contributed by atoms with Crippen LogP contribution in [0.3, 0.4) is 0 Å². The van der Waals surface area contributed by atoms with E-state index in [1.165, 1.54) is 12.8 Å². The summed E-state index contributed by atoms with van der Waals surface area (Å²) in [5, 5.41) is 0. The van der Waals surface area contributed by atoms with Crippen LogP contribution in [0.2, 0.25) is 0 Å². The van der Waals surface area contributed by atoms with Crippen molar-refractivity contribution < 1.29 is 14.3 Å². The molecule has 0 aliphatic rings. The summed E-state index contributed by atoms with van der Waals surface area (Å²) in [5.41, 5.74) is 2.79.